The lowest BCUT2D eigenvalue weighted by Crippen LogP contribution is -2.34. The van der Waals surface area contributed by atoms with Gasteiger partial charge in [-0.05, 0) is 37.5 Å². The first kappa shape index (κ1) is 8.05. The highest BCUT2D eigenvalue weighted by Crippen LogP contribution is 2.46. The number of carboxylic acid groups (broad SMARTS) is 1. The SMILES string of the molecule is O=C(O)C1[C@@H]2CC[C@H]1C[C@@H](O)C2. The molecule has 12 heavy (non-hydrogen) atoms. The van der Waals surface area contributed by atoms with Gasteiger partial charge in [-0.15, -0.1) is 0 Å². The van der Waals surface area contributed by atoms with Crippen molar-refractivity contribution in [2.45, 2.75) is 31.8 Å². The fraction of sp³-hybridized carbons (Fsp3) is 0.889. The second kappa shape index (κ2) is 2.73. The van der Waals surface area contributed by atoms with Crippen LogP contribution in [0.25, 0.3) is 0 Å². The van der Waals surface area contributed by atoms with Crippen LogP contribution >= 0.6 is 0 Å². The summed E-state index contributed by atoms with van der Waals surface area (Å²) < 4.78 is 0. The van der Waals surface area contributed by atoms with E-state index in [1.807, 2.05) is 0 Å². The van der Waals surface area contributed by atoms with Gasteiger partial charge < -0.3 is 10.2 Å². The molecule has 4 atom stereocenters. The molecule has 0 spiro atoms. The van der Waals surface area contributed by atoms with Gasteiger partial charge in [-0.3, -0.25) is 4.79 Å². The van der Waals surface area contributed by atoms with Gasteiger partial charge >= 0.3 is 5.97 Å². The maximum Gasteiger partial charge on any atom is 0.307 e. The second-order valence-corrected chi connectivity index (χ2v) is 4.09. The van der Waals surface area contributed by atoms with Crippen molar-refractivity contribution in [3.8, 4) is 0 Å². The summed E-state index contributed by atoms with van der Waals surface area (Å²) in [6.45, 7) is 0. The molecule has 0 amide bonds. The van der Waals surface area contributed by atoms with E-state index in [1.54, 1.807) is 0 Å². The minimum atomic E-state index is -0.658. The number of hydrogen-bond donors (Lipinski definition) is 2. The summed E-state index contributed by atoms with van der Waals surface area (Å²) in [5, 5.41) is 18.3. The average Bonchev–Trinajstić information content (AvgIpc) is 2.24. The second-order valence-electron chi connectivity index (χ2n) is 4.09. The van der Waals surface area contributed by atoms with Crippen molar-refractivity contribution in [3.05, 3.63) is 0 Å². The Morgan fingerprint density at radius 2 is 1.67 bits per heavy atom. The molecular weight excluding hydrogens is 156 g/mol. The predicted octanol–water partition coefficient (Wildman–Crippen LogP) is 0.868. The van der Waals surface area contributed by atoms with Crippen molar-refractivity contribution in [1.82, 2.24) is 0 Å². The first-order valence-corrected chi connectivity index (χ1v) is 4.59. The number of rotatable bonds is 1. The molecule has 2 aliphatic carbocycles. The summed E-state index contributed by atoms with van der Waals surface area (Å²) in [6, 6.07) is 0. The summed E-state index contributed by atoms with van der Waals surface area (Å²) in [5.74, 6) is -0.324. The van der Waals surface area contributed by atoms with Gasteiger partial charge in [0.25, 0.3) is 0 Å². The summed E-state index contributed by atoms with van der Waals surface area (Å²) in [4.78, 5) is 10.8. The largest absolute Gasteiger partial charge is 0.481 e. The minimum absolute atomic E-state index is 0.159. The number of aliphatic hydroxyl groups excluding tert-OH is 1. The number of carbonyl (C=O) groups is 1. The zero-order valence-electron chi connectivity index (χ0n) is 6.94. The molecule has 0 saturated heterocycles. The molecule has 1 unspecified atom stereocenters. The van der Waals surface area contributed by atoms with Crippen LogP contribution in [-0.4, -0.2) is 22.3 Å². The van der Waals surface area contributed by atoms with Gasteiger partial charge in [0.15, 0.2) is 0 Å². The Balaban J connectivity index is 2.14. The van der Waals surface area contributed by atoms with Gasteiger partial charge in [-0.2, -0.15) is 0 Å². The maximum atomic E-state index is 10.8. The van der Waals surface area contributed by atoms with Crippen LogP contribution in [-0.2, 0) is 4.79 Å². The smallest absolute Gasteiger partial charge is 0.307 e. The lowest BCUT2D eigenvalue weighted by Gasteiger charge is -2.29. The highest BCUT2D eigenvalue weighted by atomic mass is 16.4. The Hall–Kier alpha value is -0.570. The molecule has 3 heteroatoms. The van der Waals surface area contributed by atoms with E-state index in [0.29, 0.717) is 12.8 Å². The fourth-order valence-electron chi connectivity index (χ4n) is 2.90. The van der Waals surface area contributed by atoms with E-state index in [2.05, 4.69) is 0 Å². The summed E-state index contributed by atoms with van der Waals surface area (Å²) >= 11 is 0. The van der Waals surface area contributed by atoms with Crippen molar-refractivity contribution in [1.29, 1.82) is 0 Å². The molecular formula is C9H14O3. The third-order valence-corrected chi connectivity index (χ3v) is 3.36. The van der Waals surface area contributed by atoms with Crippen LogP contribution in [0.5, 0.6) is 0 Å². The minimum Gasteiger partial charge on any atom is -0.481 e. The summed E-state index contributed by atoms with van der Waals surface area (Å²) in [7, 11) is 0. The van der Waals surface area contributed by atoms with E-state index >= 15 is 0 Å². The highest BCUT2D eigenvalue weighted by molar-refractivity contribution is 5.71. The van der Waals surface area contributed by atoms with Crippen molar-refractivity contribution < 1.29 is 15.0 Å². The first-order valence-electron chi connectivity index (χ1n) is 4.59. The lowest BCUT2D eigenvalue weighted by molar-refractivity contribution is -0.146. The Morgan fingerprint density at radius 1 is 1.17 bits per heavy atom. The van der Waals surface area contributed by atoms with Gasteiger partial charge in [0.2, 0.25) is 0 Å². The molecule has 0 aromatic rings. The fourth-order valence-corrected chi connectivity index (χ4v) is 2.90. The van der Waals surface area contributed by atoms with Crippen LogP contribution in [0, 0.1) is 17.8 Å². The van der Waals surface area contributed by atoms with Gasteiger partial charge in [-0.1, -0.05) is 0 Å². The monoisotopic (exact) mass is 170 g/mol. The Kier molecular flexibility index (Phi) is 1.83. The molecule has 2 saturated carbocycles. The highest BCUT2D eigenvalue weighted by Gasteiger charge is 2.45. The molecule has 0 aliphatic heterocycles. The lowest BCUT2D eigenvalue weighted by atomic mass is 9.77. The van der Waals surface area contributed by atoms with Crippen LogP contribution < -0.4 is 0 Å². The van der Waals surface area contributed by atoms with E-state index in [1.165, 1.54) is 0 Å². The molecule has 0 heterocycles. The topological polar surface area (TPSA) is 57.5 Å². The zero-order chi connectivity index (χ0) is 8.72. The number of carboxylic acids is 1. The average molecular weight is 170 g/mol. The third kappa shape index (κ3) is 1.12. The third-order valence-electron chi connectivity index (χ3n) is 3.36. The van der Waals surface area contributed by atoms with E-state index in [9.17, 15) is 9.90 Å². The molecule has 0 radical (unpaired) electrons. The van der Waals surface area contributed by atoms with Crippen LogP contribution in [0.15, 0.2) is 0 Å². The maximum absolute atomic E-state index is 10.8. The molecule has 2 bridgehead atoms. The zero-order valence-corrected chi connectivity index (χ0v) is 6.94. The van der Waals surface area contributed by atoms with E-state index < -0.39 is 5.97 Å². The Labute approximate surface area is 71.4 Å². The number of aliphatic carboxylic acids is 1. The molecule has 0 aromatic carbocycles. The molecule has 2 fully saturated rings. The number of aliphatic hydroxyl groups is 1. The van der Waals surface area contributed by atoms with E-state index in [0.717, 1.165) is 12.8 Å². The summed E-state index contributed by atoms with van der Waals surface area (Å²) in [5.41, 5.74) is 0. The van der Waals surface area contributed by atoms with Gasteiger partial charge in [-0.25, -0.2) is 0 Å². The van der Waals surface area contributed by atoms with Crippen LogP contribution in [0.4, 0.5) is 0 Å². The van der Waals surface area contributed by atoms with E-state index in [-0.39, 0.29) is 23.9 Å². The quantitative estimate of drug-likeness (QED) is 0.614. The van der Waals surface area contributed by atoms with Crippen molar-refractivity contribution in [2.24, 2.45) is 17.8 Å². The Morgan fingerprint density at radius 3 is 2.08 bits per heavy atom. The van der Waals surface area contributed by atoms with Crippen LogP contribution in [0.1, 0.15) is 25.7 Å². The molecule has 2 aliphatic rings. The number of fused-ring (bicyclic) bond motifs is 2. The molecule has 2 rings (SSSR count). The normalized spacial score (nSPS) is 46.1. The molecule has 68 valence electrons. The van der Waals surface area contributed by atoms with Crippen LogP contribution in [0.3, 0.4) is 0 Å². The van der Waals surface area contributed by atoms with Crippen molar-refractivity contribution in [3.63, 3.8) is 0 Å². The number of hydrogen-bond acceptors (Lipinski definition) is 2. The Bertz CT molecular complexity index is 188. The summed E-state index contributed by atoms with van der Waals surface area (Å²) in [6.07, 6.45) is 3.16. The first-order chi connectivity index (χ1) is 5.68. The standard InChI is InChI=1S/C9H14O3/c10-7-3-5-1-2-6(4-7)8(5)9(11)12/h5-8,10H,1-4H2,(H,11,12)/t5-,6+,7+,8?. The predicted molar refractivity (Wildman–Crippen MR) is 42.6 cm³/mol. The van der Waals surface area contributed by atoms with Gasteiger partial charge in [0.05, 0.1) is 12.0 Å². The van der Waals surface area contributed by atoms with Crippen molar-refractivity contribution >= 4 is 5.97 Å². The molecule has 2 N–H and O–H groups in total. The van der Waals surface area contributed by atoms with Crippen molar-refractivity contribution in [2.75, 3.05) is 0 Å². The van der Waals surface area contributed by atoms with Gasteiger partial charge in [0, 0.05) is 0 Å². The molecule has 0 aromatic heterocycles. The van der Waals surface area contributed by atoms with E-state index in [4.69, 9.17) is 5.11 Å². The van der Waals surface area contributed by atoms with Gasteiger partial charge in [0.1, 0.15) is 0 Å². The van der Waals surface area contributed by atoms with Crippen LogP contribution in [0.2, 0.25) is 0 Å². The molecule has 3 nitrogen and oxygen atoms in total.